The van der Waals surface area contributed by atoms with Crippen LogP contribution in [0.3, 0.4) is 0 Å². The van der Waals surface area contributed by atoms with Gasteiger partial charge in [-0.3, -0.25) is 19.7 Å². The van der Waals surface area contributed by atoms with Gasteiger partial charge in [0, 0.05) is 37.2 Å². The van der Waals surface area contributed by atoms with Gasteiger partial charge >= 0.3 is 0 Å². The molecular weight excluding hydrogens is 356 g/mol. The van der Waals surface area contributed by atoms with Crippen LogP contribution in [0.4, 0.5) is 0 Å². The summed E-state index contributed by atoms with van der Waals surface area (Å²) in [6.07, 6.45) is 4.18. The number of imide groups is 1. The fourth-order valence-electron chi connectivity index (χ4n) is 5.42. The second-order valence-electron chi connectivity index (χ2n) is 8.76. The first-order chi connectivity index (χ1) is 13.5. The zero-order chi connectivity index (χ0) is 19.4. The van der Waals surface area contributed by atoms with Crippen LogP contribution in [-0.2, 0) is 22.7 Å². The Hall–Kier alpha value is -2.25. The molecule has 0 radical (unpaired) electrons. The second-order valence-corrected chi connectivity index (χ2v) is 8.76. The van der Waals surface area contributed by atoms with Gasteiger partial charge in [0.1, 0.15) is 6.04 Å². The third-order valence-electron chi connectivity index (χ3n) is 7.06. The van der Waals surface area contributed by atoms with E-state index in [9.17, 15) is 14.4 Å². The smallest absolute Gasteiger partial charge is 0.255 e. The first-order valence-electron chi connectivity index (χ1n) is 10.2. The summed E-state index contributed by atoms with van der Waals surface area (Å²) in [5.74, 6) is 0.724. The number of piperidine rings is 1. The van der Waals surface area contributed by atoms with Crippen molar-refractivity contribution in [2.75, 3.05) is 0 Å². The summed E-state index contributed by atoms with van der Waals surface area (Å²) in [6, 6.07) is 6.33. The van der Waals surface area contributed by atoms with E-state index >= 15 is 0 Å². The van der Waals surface area contributed by atoms with Crippen LogP contribution < -0.4 is 16.4 Å². The van der Waals surface area contributed by atoms with E-state index < -0.39 is 6.04 Å². The monoisotopic (exact) mass is 382 g/mol. The molecule has 4 aliphatic rings. The molecule has 3 fully saturated rings. The van der Waals surface area contributed by atoms with Crippen molar-refractivity contribution in [3.8, 4) is 0 Å². The lowest BCUT2D eigenvalue weighted by molar-refractivity contribution is -0.136. The molecule has 5 atom stereocenters. The lowest BCUT2D eigenvalue weighted by Gasteiger charge is -2.37. The van der Waals surface area contributed by atoms with E-state index in [-0.39, 0.29) is 24.1 Å². The zero-order valence-corrected chi connectivity index (χ0v) is 15.8. The largest absolute Gasteiger partial charge is 0.327 e. The first-order valence-corrected chi connectivity index (χ1v) is 10.2. The normalized spacial score (nSPS) is 34.1. The number of carbonyl (C=O) groups excluding carboxylic acids is 3. The van der Waals surface area contributed by atoms with Crippen LogP contribution in [0.1, 0.15) is 53.6 Å². The number of hydrogen-bond acceptors (Lipinski definition) is 5. The molecule has 0 spiro atoms. The molecule has 1 aromatic carbocycles. The Morgan fingerprint density at radius 2 is 2.04 bits per heavy atom. The topological polar surface area (TPSA) is 105 Å². The predicted molar refractivity (Wildman–Crippen MR) is 102 cm³/mol. The first kappa shape index (κ1) is 17.8. The van der Waals surface area contributed by atoms with Gasteiger partial charge < -0.3 is 16.0 Å². The fourth-order valence-corrected chi connectivity index (χ4v) is 5.42. The average molecular weight is 382 g/mol. The summed E-state index contributed by atoms with van der Waals surface area (Å²) < 4.78 is 0. The Morgan fingerprint density at radius 3 is 2.79 bits per heavy atom. The van der Waals surface area contributed by atoms with E-state index in [1.54, 1.807) is 4.90 Å². The summed E-state index contributed by atoms with van der Waals surface area (Å²) in [4.78, 5) is 38.0. The van der Waals surface area contributed by atoms with Crippen LogP contribution in [0.2, 0.25) is 0 Å². The van der Waals surface area contributed by atoms with Crippen molar-refractivity contribution >= 4 is 17.7 Å². The number of nitrogens with one attached hydrogen (secondary N) is 2. The van der Waals surface area contributed by atoms with Crippen LogP contribution in [0, 0.1) is 11.8 Å². The minimum atomic E-state index is -0.558. The number of nitrogens with zero attached hydrogens (tertiary/aromatic N) is 1. The molecule has 2 aliphatic carbocycles. The third kappa shape index (κ3) is 2.93. The van der Waals surface area contributed by atoms with Gasteiger partial charge in [-0.25, -0.2) is 0 Å². The summed E-state index contributed by atoms with van der Waals surface area (Å²) >= 11 is 0. The van der Waals surface area contributed by atoms with Gasteiger partial charge in [-0.15, -0.1) is 0 Å². The maximum Gasteiger partial charge on any atom is 0.255 e. The molecule has 2 saturated carbocycles. The molecule has 0 aromatic heterocycles. The van der Waals surface area contributed by atoms with E-state index in [1.165, 1.54) is 6.42 Å². The summed E-state index contributed by atoms with van der Waals surface area (Å²) in [5.41, 5.74) is 8.79. The van der Waals surface area contributed by atoms with E-state index in [4.69, 9.17) is 5.73 Å². The van der Waals surface area contributed by atoms with Crippen molar-refractivity contribution in [3.63, 3.8) is 0 Å². The highest BCUT2D eigenvalue weighted by Gasteiger charge is 2.45. The quantitative estimate of drug-likeness (QED) is 0.664. The average Bonchev–Trinajstić information content (AvgIpc) is 3.17. The van der Waals surface area contributed by atoms with Crippen LogP contribution in [0.15, 0.2) is 18.2 Å². The van der Waals surface area contributed by atoms with Crippen molar-refractivity contribution in [1.29, 1.82) is 0 Å². The van der Waals surface area contributed by atoms with Gasteiger partial charge in [0.05, 0.1) is 0 Å². The van der Waals surface area contributed by atoms with Gasteiger partial charge in [-0.1, -0.05) is 12.1 Å². The zero-order valence-electron chi connectivity index (χ0n) is 15.8. The Morgan fingerprint density at radius 1 is 1.18 bits per heavy atom. The molecule has 0 bridgehead atoms. The van der Waals surface area contributed by atoms with Gasteiger partial charge in [0.2, 0.25) is 11.8 Å². The molecular formula is C21H26N4O3. The number of carbonyl (C=O) groups is 3. The number of benzene rings is 1. The standard InChI is InChI=1S/C21H26N4O3/c22-17-7-13-6-14(8-15(13)17)23-9-11-1-2-12-10-25(21(28)16(12)5-11)18-3-4-19(26)24-20(18)27/h1-2,5,13-15,17-18,23H,3-4,6-10,22H2,(H,24,26,27)/t13-,14?,15-,17+,18?/m0/s1. The molecule has 148 valence electrons. The minimum Gasteiger partial charge on any atom is -0.327 e. The van der Waals surface area contributed by atoms with E-state index in [0.717, 1.165) is 36.4 Å². The predicted octanol–water partition coefficient (Wildman–Crippen LogP) is 0.663. The summed E-state index contributed by atoms with van der Waals surface area (Å²) in [6.45, 7) is 1.16. The molecule has 7 nitrogen and oxygen atoms in total. The van der Waals surface area contributed by atoms with Gasteiger partial charge in [0.25, 0.3) is 5.91 Å². The Bertz CT molecular complexity index is 854. The third-order valence-corrected chi connectivity index (χ3v) is 7.06. The van der Waals surface area contributed by atoms with Crippen LogP contribution >= 0.6 is 0 Å². The molecule has 5 rings (SSSR count). The summed E-state index contributed by atoms with van der Waals surface area (Å²) in [7, 11) is 0. The molecule has 2 aliphatic heterocycles. The molecule has 2 unspecified atom stereocenters. The minimum absolute atomic E-state index is 0.115. The Kier molecular flexibility index (Phi) is 4.25. The van der Waals surface area contributed by atoms with Gasteiger partial charge in [-0.05, 0) is 54.7 Å². The van der Waals surface area contributed by atoms with Crippen molar-refractivity contribution < 1.29 is 14.4 Å². The molecule has 7 heteroatoms. The van der Waals surface area contributed by atoms with Gasteiger partial charge in [0.15, 0.2) is 0 Å². The fraction of sp³-hybridized carbons (Fsp3) is 0.571. The molecule has 4 N–H and O–H groups in total. The highest BCUT2D eigenvalue weighted by Crippen LogP contribution is 2.46. The molecule has 28 heavy (non-hydrogen) atoms. The molecule has 1 aromatic rings. The Balaban J connectivity index is 1.24. The molecule has 2 heterocycles. The SMILES string of the molecule is N[C@@H]1C[C@@H]2CC(NCc3ccc4c(c3)C(=O)N(C3CCC(=O)NC3=O)C4)C[C@@H]21. The van der Waals surface area contributed by atoms with E-state index in [0.29, 0.717) is 36.5 Å². The highest BCUT2D eigenvalue weighted by molar-refractivity contribution is 6.05. The molecule has 1 saturated heterocycles. The van der Waals surface area contributed by atoms with Crippen LogP contribution in [0.5, 0.6) is 0 Å². The number of rotatable bonds is 4. The molecule has 3 amide bonds. The van der Waals surface area contributed by atoms with Crippen molar-refractivity contribution in [1.82, 2.24) is 15.5 Å². The number of nitrogens with two attached hydrogens (primary N) is 1. The number of fused-ring (bicyclic) bond motifs is 2. The van der Waals surface area contributed by atoms with Crippen molar-refractivity contribution in [2.24, 2.45) is 17.6 Å². The van der Waals surface area contributed by atoms with E-state index in [2.05, 4.69) is 16.7 Å². The maximum atomic E-state index is 12.9. The number of hydrogen-bond donors (Lipinski definition) is 3. The Labute approximate surface area is 164 Å². The lowest BCUT2D eigenvalue weighted by atomic mass is 9.72. The second kappa shape index (κ2) is 6.67. The van der Waals surface area contributed by atoms with Crippen LogP contribution in [-0.4, -0.2) is 40.7 Å². The van der Waals surface area contributed by atoms with E-state index in [1.807, 2.05) is 12.1 Å². The lowest BCUT2D eigenvalue weighted by Crippen LogP contribution is -2.52. The maximum absolute atomic E-state index is 12.9. The van der Waals surface area contributed by atoms with Crippen molar-refractivity contribution in [2.45, 2.75) is 63.3 Å². The van der Waals surface area contributed by atoms with Gasteiger partial charge in [-0.2, -0.15) is 0 Å². The number of amides is 3. The highest BCUT2D eigenvalue weighted by atomic mass is 16.2. The van der Waals surface area contributed by atoms with Crippen LogP contribution in [0.25, 0.3) is 0 Å². The van der Waals surface area contributed by atoms with Crippen molar-refractivity contribution in [3.05, 3.63) is 34.9 Å². The summed E-state index contributed by atoms with van der Waals surface area (Å²) in [5, 5.41) is 5.97.